The van der Waals surface area contributed by atoms with Crippen LogP contribution < -0.4 is 0 Å². The van der Waals surface area contributed by atoms with Gasteiger partial charge in [-0.1, -0.05) is 182 Å². The van der Waals surface area contributed by atoms with Crippen molar-refractivity contribution in [2.24, 2.45) is 0 Å². The van der Waals surface area contributed by atoms with Crippen molar-refractivity contribution in [2.75, 3.05) is 19.5 Å². The fourth-order valence-electron chi connectivity index (χ4n) is 6.48. The van der Waals surface area contributed by atoms with Crippen molar-refractivity contribution in [3.05, 3.63) is 215 Å². The van der Waals surface area contributed by atoms with Gasteiger partial charge in [0.05, 0.1) is 39.3 Å². The highest BCUT2D eigenvalue weighted by Gasteiger charge is 2.41. The van der Waals surface area contributed by atoms with Gasteiger partial charge in [-0.25, -0.2) is 0 Å². The summed E-state index contributed by atoms with van der Waals surface area (Å²) in [6.45, 7) is 0.536. The fourth-order valence-corrected chi connectivity index (χ4v) is 7.09. The van der Waals surface area contributed by atoms with Crippen molar-refractivity contribution in [3.8, 4) is 0 Å². The van der Waals surface area contributed by atoms with E-state index in [2.05, 4.69) is 36.4 Å². The summed E-state index contributed by atoms with van der Waals surface area (Å²) in [6, 6.07) is 59.4. The van der Waals surface area contributed by atoms with E-state index < -0.39 is 34.0 Å². The maximum Gasteiger partial charge on any atom is 0.264 e. The minimum absolute atomic E-state index is 0.00667. The lowest BCUT2D eigenvalue weighted by atomic mass is 9.80. The molecule has 0 unspecified atom stereocenters. The summed E-state index contributed by atoms with van der Waals surface area (Å²) in [5, 5.41) is 0. The third-order valence-corrected chi connectivity index (χ3v) is 9.62. The molecule has 6 aromatic rings. The van der Waals surface area contributed by atoms with Crippen molar-refractivity contribution in [2.45, 2.75) is 43.7 Å². The lowest BCUT2D eigenvalue weighted by Crippen LogP contribution is -2.49. The molecule has 7 nitrogen and oxygen atoms in total. The average molecular weight is 743 g/mol. The van der Waals surface area contributed by atoms with Crippen molar-refractivity contribution in [3.63, 3.8) is 0 Å². The van der Waals surface area contributed by atoms with Crippen LogP contribution in [-0.2, 0) is 58.7 Å². The lowest BCUT2D eigenvalue weighted by molar-refractivity contribution is -0.167. The number of ether oxygens (including phenoxy) is 4. The molecule has 0 aliphatic heterocycles. The van der Waals surface area contributed by atoms with E-state index in [9.17, 15) is 8.42 Å². The second kappa shape index (κ2) is 19.4. The zero-order chi connectivity index (χ0) is 37.5. The van der Waals surface area contributed by atoms with Crippen LogP contribution in [0.4, 0.5) is 0 Å². The summed E-state index contributed by atoms with van der Waals surface area (Å²) in [5.41, 5.74) is 4.46. The molecule has 278 valence electrons. The molecule has 0 amide bonds. The molecule has 54 heavy (non-hydrogen) atoms. The molecule has 0 radical (unpaired) electrons. The standard InChI is InChI=1S/C46H46O7S/c1-54(47,48)53-44(35-49-32-37-20-8-2-9-21-37)45(51-34-39-24-12-4-13-25-39)43(50-33-38-22-10-3-11-23-38)36-52-46(40-26-14-5-15-27-40,41-28-16-6-17-29-41)42-30-18-7-19-31-42/h2-31,43-45H,32-36H2,1H3/t43-,44-,45+/m1/s1. The largest absolute Gasteiger partial charge is 0.374 e. The number of benzene rings is 6. The van der Waals surface area contributed by atoms with E-state index in [0.29, 0.717) is 0 Å². The molecule has 0 heterocycles. The molecule has 0 aliphatic rings. The Morgan fingerprint density at radius 1 is 0.463 bits per heavy atom. The molecule has 0 bridgehead atoms. The first-order valence-corrected chi connectivity index (χ1v) is 19.8. The summed E-state index contributed by atoms with van der Waals surface area (Å²) >= 11 is 0. The monoisotopic (exact) mass is 742 g/mol. The fraction of sp³-hybridized carbons (Fsp3) is 0.217. The summed E-state index contributed by atoms with van der Waals surface area (Å²) in [4.78, 5) is 0. The second-order valence-electron chi connectivity index (χ2n) is 13.0. The molecule has 0 spiro atoms. The van der Waals surface area contributed by atoms with Crippen molar-refractivity contribution in [1.82, 2.24) is 0 Å². The third kappa shape index (κ3) is 10.8. The first-order chi connectivity index (χ1) is 26.4. The smallest absolute Gasteiger partial charge is 0.264 e. The Morgan fingerprint density at radius 2 is 0.833 bits per heavy atom. The molecular formula is C46H46O7S. The van der Waals surface area contributed by atoms with Gasteiger partial charge in [-0.3, -0.25) is 4.18 Å². The van der Waals surface area contributed by atoms with E-state index in [1.54, 1.807) is 0 Å². The summed E-state index contributed by atoms with van der Waals surface area (Å²) < 4.78 is 58.6. The van der Waals surface area contributed by atoms with E-state index >= 15 is 0 Å². The normalized spacial score (nSPS) is 13.6. The van der Waals surface area contributed by atoms with Crippen LogP contribution in [-0.4, -0.2) is 46.2 Å². The van der Waals surface area contributed by atoms with Gasteiger partial charge in [-0.2, -0.15) is 8.42 Å². The zero-order valence-corrected chi connectivity index (χ0v) is 31.2. The third-order valence-electron chi connectivity index (χ3n) is 9.02. The zero-order valence-electron chi connectivity index (χ0n) is 30.4. The first-order valence-electron chi connectivity index (χ1n) is 18.0. The minimum atomic E-state index is -3.98. The average Bonchev–Trinajstić information content (AvgIpc) is 3.21. The Hall–Kier alpha value is -4.93. The molecule has 6 aromatic carbocycles. The SMILES string of the molecule is CS(=O)(=O)O[C@H](COCc1ccccc1)[C@@H](OCc1ccccc1)[C@@H](COC(c1ccccc1)(c1ccccc1)c1ccccc1)OCc1ccccc1. The molecule has 6 rings (SSSR count). The molecule has 8 heteroatoms. The second-order valence-corrected chi connectivity index (χ2v) is 14.6. The molecule has 0 saturated carbocycles. The highest BCUT2D eigenvalue weighted by Crippen LogP contribution is 2.41. The van der Waals surface area contributed by atoms with Gasteiger partial charge in [0.2, 0.25) is 0 Å². The van der Waals surface area contributed by atoms with Crippen molar-refractivity contribution in [1.29, 1.82) is 0 Å². The van der Waals surface area contributed by atoms with Crippen LogP contribution in [0.25, 0.3) is 0 Å². The Labute approximate surface area is 319 Å². The van der Waals surface area contributed by atoms with Gasteiger partial charge >= 0.3 is 0 Å². The van der Waals surface area contributed by atoms with Gasteiger partial charge in [0.15, 0.2) is 0 Å². The molecule has 0 aliphatic carbocycles. The molecule has 0 N–H and O–H groups in total. The molecular weight excluding hydrogens is 697 g/mol. The number of hydrogen-bond donors (Lipinski definition) is 0. The van der Waals surface area contributed by atoms with Gasteiger partial charge in [0, 0.05) is 0 Å². The lowest BCUT2D eigenvalue weighted by Gasteiger charge is -2.39. The van der Waals surface area contributed by atoms with Crippen LogP contribution >= 0.6 is 0 Å². The van der Waals surface area contributed by atoms with Crippen LogP contribution in [0, 0.1) is 0 Å². The Kier molecular flexibility index (Phi) is 13.9. The molecule has 0 saturated heterocycles. The van der Waals surface area contributed by atoms with Crippen LogP contribution in [0.15, 0.2) is 182 Å². The minimum Gasteiger partial charge on any atom is -0.374 e. The molecule has 3 atom stereocenters. The van der Waals surface area contributed by atoms with Crippen LogP contribution in [0.3, 0.4) is 0 Å². The number of rotatable bonds is 20. The quantitative estimate of drug-likeness (QED) is 0.0572. The van der Waals surface area contributed by atoms with E-state index in [1.807, 2.05) is 146 Å². The maximum absolute atomic E-state index is 12.9. The van der Waals surface area contributed by atoms with Crippen LogP contribution in [0.2, 0.25) is 0 Å². The predicted molar refractivity (Wildman–Crippen MR) is 211 cm³/mol. The number of hydrogen-bond acceptors (Lipinski definition) is 7. The first kappa shape index (κ1) is 38.8. The Bertz CT molecular complexity index is 1950. The van der Waals surface area contributed by atoms with Gasteiger partial charge < -0.3 is 18.9 Å². The van der Waals surface area contributed by atoms with Gasteiger partial charge in [-0.05, 0) is 33.4 Å². The predicted octanol–water partition coefficient (Wildman–Crippen LogP) is 8.73. The van der Waals surface area contributed by atoms with Gasteiger partial charge in [0.25, 0.3) is 10.1 Å². The van der Waals surface area contributed by atoms with E-state index in [0.717, 1.165) is 39.6 Å². The van der Waals surface area contributed by atoms with Crippen molar-refractivity contribution < 1.29 is 31.5 Å². The van der Waals surface area contributed by atoms with Crippen molar-refractivity contribution >= 4 is 10.1 Å². The highest BCUT2D eigenvalue weighted by atomic mass is 32.2. The van der Waals surface area contributed by atoms with E-state index in [-0.39, 0.29) is 33.0 Å². The Morgan fingerprint density at radius 3 is 1.24 bits per heavy atom. The van der Waals surface area contributed by atoms with Gasteiger partial charge in [-0.15, -0.1) is 0 Å². The summed E-state index contributed by atoms with van der Waals surface area (Å²) in [6.07, 6.45) is -1.85. The summed E-state index contributed by atoms with van der Waals surface area (Å²) in [7, 11) is -3.98. The summed E-state index contributed by atoms with van der Waals surface area (Å²) in [5.74, 6) is 0. The van der Waals surface area contributed by atoms with Gasteiger partial charge in [0.1, 0.15) is 23.9 Å². The topological polar surface area (TPSA) is 80.3 Å². The van der Waals surface area contributed by atoms with E-state index in [1.165, 1.54) is 0 Å². The van der Waals surface area contributed by atoms with Crippen LogP contribution in [0.5, 0.6) is 0 Å². The Balaban J connectivity index is 1.42. The van der Waals surface area contributed by atoms with E-state index in [4.69, 9.17) is 23.1 Å². The molecule has 0 fully saturated rings. The van der Waals surface area contributed by atoms with Crippen LogP contribution in [0.1, 0.15) is 33.4 Å². The highest BCUT2D eigenvalue weighted by molar-refractivity contribution is 7.86. The maximum atomic E-state index is 12.9. The molecule has 0 aromatic heterocycles.